The van der Waals surface area contributed by atoms with Gasteiger partial charge >= 0.3 is 0 Å². The Morgan fingerprint density at radius 2 is 1.95 bits per heavy atom. The van der Waals surface area contributed by atoms with Gasteiger partial charge in [0.25, 0.3) is 5.91 Å². The summed E-state index contributed by atoms with van der Waals surface area (Å²) in [4.78, 5) is 14.4. The maximum absolute atomic E-state index is 12.6. The highest BCUT2D eigenvalue weighted by molar-refractivity contribution is 6.00. The highest BCUT2D eigenvalue weighted by atomic mass is 16.5. The van der Waals surface area contributed by atoms with E-state index in [1.807, 2.05) is 37.3 Å². The number of nitrogens with two attached hydrogens (primary N) is 1. The first-order chi connectivity index (χ1) is 10.7. The number of ether oxygens (including phenoxy) is 1. The van der Waals surface area contributed by atoms with Crippen molar-refractivity contribution < 1.29 is 9.53 Å². The minimum atomic E-state index is -0.410. The summed E-state index contributed by atoms with van der Waals surface area (Å²) in [5.41, 5.74) is 8.48. The number of carbonyl (C=O) groups is 1. The predicted molar refractivity (Wildman–Crippen MR) is 88.1 cm³/mol. The number of rotatable bonds is 4. The first-order valence-electron chi connectivity index (χ1n) is 7.60. The normalized spacial score (nSPS) is 17.0. The van der Waals surface area contributed by atoms with E-state index in [0.29, 0.717) is 18.7 Å². The minimum Gasteiger partial charge on any atom is -0.478 e. The monoisotopic (exact) mass is 296 g/mol. The van der Waals surface area contributed by atoms with Crippen molar-refractivity contribution in [1.82, 2.24) is 0 Å². The van der Waals surface area contributed by atoms with E-state index in [-0.39, 0.29) is 5.91 Å². The van der Waals surface area contributed by atoms with E-state index in [1.54, 1.807) is 11.0 Å². The van der Waals surface area contributed by atoms with Gasteiger partial charge in [-0.3, -0.25) is 4.79 Å². The molecule has 114 valence electrons. The Balaban J connectivity index is 1.87. The molecule has 0 radical (unpaired) electrons. The van der Waals surface area contributed by atoms with Gasteiger partial charge in [-0.1, -0.05) is 37.3 Å². The van der Waals surface area contributed by atoms with Crippen LogP contribution in [0, 0.1) is 0 Å². The van der Waals surface area contributed by atoms with Crippen LogP contribution in [0.3, 0.4) is 0 Å². The molecule has 1 atom stereocenters. The molecule has 4 heteroatoms. The van der Waals surface area contributed by atoms with Crippen molar-refractivity contribution in [3.05, 3.63) is 54.1 Å². The molecular weight excluding hydrogens is 276 g/mol. The van der Waals surface area contributed by atoms with Gasteiger partial charge in [0.05, 0.1) is 5.69 Å². The Kier molecular flexibility index (Phi) is 4.00. The molecule has 0 bridgehead atoms. The third kappa shape index (κ3) is 2.77. The van der Waals surface area contributed by atoms with E-state index in [0.717, 1.165) is 17.9 Å². The van der Waals surface area contributed by atoms with Gasteiger partial charge in [-0.25, -0.2) is 0 Å². The SMILES string of the molecule is CCC1Oc2ccc(N)cc2N(CCc2ccccc2)C1=O. The molecule has 1 aliphatic rings. The topological polar surface area (TPSA) is 55.6 Å². The van der Waals surface area contributed by atoms with Crippen molar-refractivity contribution in [3.8, 4) is 5.75 Å². The molecule has 22 heavy (non-hydrogen) atoms. The van der Waals surface area contributed by atoms with Crippen LogP contribution in [0.5, 0.6) is 5.75 Å². The zero-order chi connectivity index (χ0) is 15.5. The molecule has 2 aromatic rings. The molecule has 0 aliphatic carbocycles. The van der Waals surface area contributed by atoms with Crippen LogP contribution in [0.1, 0.15) is 18.9 Å². The molecule has 0 fully saturated rings. The minimum absolute atomic E-state index is 0.0107. The van der Waals surface area contributed by atoms with Gasteiger partial charge in [0.1, 0.15) is 5.75 Å². The van der Waals surface area contributed by atoms with Crippen LogP contribution >= 0.6 is 0 Å². The lowest BCUT2D eigenvalue weighted by Gasteiger charge is -2.34. The molecule has 1 aliphatic heterocycles. The van der Waals surface area contributed by atoms with Crippen LogP contribution < -0.4 is 15.4 Å². The molecule has 1 amide bonds. The predicted octanol–water partition coefficient (Wildman–Crippen LogP) is 3.02. The fourth-order valence-electron chi connectivity index (χ4n) is 2.72. The number of carbonyl (C=O) groups excluding carboxylic acids is 1. The van der Waals surface area contributed by atoms with Crippen molar-refractivity contribution in [2.24, 2.45) is 0 Å². The second-order valence-electron chi connectivity index (χ2n) is 5.47. The molecule has 3 rings (SSSR count). The number of hydrogen-bond donors (Lipinski definition) is 1. The standard InChI is InChI=1S/C18H20N2O2/c1-2-16-18(21)20(11-10-13-6-4-3-5-7-13)15-12-14(19)8-9-17(15)22-16/h3-9,12,16H,2,10-11,19H2,1H3. The lowest BCUT2D eigenvalue weighted by Crippen LogP contribution is -2.46. The van der Waals surface area contributed by atoms with Crippen molar-refractivity contribution in [1.29, 1.82) is 0 Å². The van der Waals surface area contributed by atoms with Crippen LogP contribution in [-0.4, -0.2) is 18.6 Å². The fraction of sp³-hybridized carbons (Fsp3) is 0.278. The van der Waals surface area contributed by atoms with Gasteiger partial charge in [-0.2, -0.15) is 0 Å². The molecule has 0 spiro atoms. The molecule has 0 aromatic heterocycles. The van der Waals surface area contributed by atoms with Crippen molar-refractivity contribution in [2.45, 2.75) is 25.9 Å². The molecule has 1 unspecified atom stereocenters. The number of nitrogens with zero attached hydrogens (tertiary/aromatic N) is 1. The van der Waals surface area contributed by atoms with Crippen LogP contribution in [0.25, 0.3) is 0 Å². The number of hydrogen-bond acceptors (Lipinski definition) is 3. The largest absolute Gasteiger partial charge is 0.478 e. The van der Waals surface area contributed by atoms with Gasteiger partial charge < -0.3 is 15.4 Å². The highest BCUT2D eigenvalue weighted by Crippen LogP contribution is 2.36. The Labute approximate surface area is 130 Å². The Morgan fingerprint density at radius 3 is 2.68 bits per heavy atom. The average molecular weight is 296 g/mol. The summed E-state index contributed by atoms with van der Waals surface area (Å²) < 4.78 is 5.78. The van der Waals surface area contributed by atoms with Crippen molar-refractivity contribution in [2.75, 3.05) is 17.2 Å². The number of amides is 1. The quantitative estimate of drug-likeness (QED) is 0.882. The highest BCUT2D eigenvalue weighted by Gasteiger charge is 2.33. The fourth-order valence-corrected chi connectivity index (χ4v) is 2.72. The molecule has 0 saturated carbocycles. The van der Waals surface area contributed by atoms with Crippen molar-refractivity contribution in [3.63, 3.8) is 0 Å². The van der Waals surface area contributed by atoms with E-state index in [2.05, 4.69) is 12.1 Å². The van der Waals surface area contributed by atoms with E-state index in [4.69, 9.17) is 10.5 Å². The third-order valence-corrected chi connectivity index (χ3v) is 3.92. The average Bonchev–Trinajstić information content (AvgIpc) is 2.54. The van der Waals surface area contributed by atoms with E-state index < -0.39 is 6.10 Å². The Bertz CT molecular complexity index is 670. The van der Waals surface area contributed by atoms with Crippen molar-refractivity contribution >= 4 is 17.3 Å². The lowest BCUT2D eigenvalue weighted by atomic mass is 10.1. The molecule has 2 aromatic carbocycles. The number of fused-ring (bicyclic) bond motifs is 1. The summed E-state index contributed by atoms with van der Waals surface area (Å²) in [5.74, 6) is 0.741. The van der Waals surface area contributed by atoms with E-state index >= 15 is 0 Å². The molecular formula is C18H20N2O2. The van der Waals surface area contributed by atoms with E-state index in [9.17, 15) is 4.79 Å². The number of anilines is 2. The maximum Gasteiger partial charge on any atom is 0.268 e. The van der Waals surface area contributed by atoms with Gasteiger partial charge in [0.2, 0.25) is 0 Å². The first kappa shape index (κ1) is 14.4. The zero-order valence-electron chi connectivity index (χ0n) is 12.7. The third-order valence-electron chi connectivity index (χ3n) is 3.92. The van der Waals surface area contributed by atoms with E-state index in [1.165, 1.54) is 5.56 Å². The van der Waals surface area contributed by atoms with Crippen LogP contribution in [0.4, 0.5) is 11.4 Å². The Morgan fingerprint density at radius 1 is 1.18 bits per heavy atom. The van der Waals surface area contributed by atoms with Crippen LogP contribution in [-0.2, 0) is 11.2 Å². The molecule has 0 saturated heterocycles. The summed E-state index contributed by atoms with van der Waals surface area (Å²) in [6.07, 6.45) is 1.05. The smallest absolute Gasteiger partial charge is 0.268 e. The van der Waals surface area contributed by atoms with Crippen LogP contribution in [0.2, 0.25) is 0 Å². The molecule has 1 heterocycles. The van der Waals surface area contributed by atoms with Crippen LogP contribution in [0.15, 0.2) is 48.5 Å². The summed E-state index contributed by atoms with van der Waals surface area (Å²) in [6, 6.07) is 15.6. The number of nitrogen functional groups attached to an aromatic ring is 1. The first-order valence-corrected chi connectivity index (χ1v) is 7.60. The lowest BCUT2D eigenvalue weighted by molar-refractivity contribution is -0.126. The second kappa shape index (κ2) is 6.10. The van der Waals surface area contributed by atoms with Gasteiger partial charge in [-0.15, -0.1) is 0 Å². The molecule has 4 nitrogen and oxygen atoms in total. The maximum atomic E-state index is 12.6. The van der Waals surface area contributed by atoms with Gasteiger partial charge in [-0.05, 0) is 36.6 Å². The summed E-state index contributed by atoms with van der Waals surface area (Å²) in [5, 5.41) is 0. The van der Waals surface area contributed by atoms with Gasteiger partial charge in [0.15, 0.2) is 6.10 Å². The Hall–Kier alpha value is -2.49. The summed E-state index contributed by atoms with van der Waals surface area (Å²) in [7, 11) is 0. The summed E-state index contributed by atoms with van der Waals surface area (Å²) >= 11 is 0. The molecule has 2 N–H and O–H groups in total. The number of benzene rings is 2. The van der Waals surface area contributed by atoms with Gasteiger partial charge in [0, 0.05) is 12.2 Å². The summed E-state index contributed by atoms with van der Waals surface area (Å²) in [6.45, 7) is 2.58. The second-order valence-corrected chi connectivity index (χ2v) is 5.47. The zero-order valence-corrected chi connectivity index (χ0v) is 12.7.